The van der Waals surface area contributed by atoms with Crippen LogP contribution in [0.5, 0.6) is 5.75 Å². The Kier molecular flexibility index (Phi) is 3.79. The van der Waals surface area contributed by atoms with Crippen LogP contribution in [0.3, 0.4) is 0 Å². The number of hydrogen-bond donors (Lipinski definition) is 0. The van der Waals surface area contributed by atoms with Crippen LogP contribution in [-0.4, -0.2) is 20.2 Å². The molecule has 0 amide bonds. The van der Waals surface area contributed by atoms with Gasteiger partial charge < -0.3 is 9.47 Å². The monoisotopic (exact) mass is 230 g/mol. The summed E-state index contributed by atoms with van der Waals surface area (Å²) in [6.45, 7) is 0.179. The van der Waals surface area contributed by atoms with Crippen molar-refractivity contribution >= 4 is 6.29 Å². The molecule has 0 atom stereocenters. The van der Waals surface area contributed by atoms with Crippen molar-refractivity contribution in [3.8, 4) is 17.6 Å². The number of methoxy groups -OCH3 is 1. The molecule has 1 aromatic carbocycles. The van der Waals surface area contributed by atoms with Crippen molar-refractivity contribution in [2.24, 2.45) is 5.92 Å². The SMILES string of the molecule is COCOc1ccc(C=O)cc1C#CC1CC1. The number of rotatable bonds is 4. The van der Waals surface area contributed by atoms with Gasteiger partial charge in [-0.05, 0) is 31.0 Å². The smallest absolute Gasteiger partial charge is 0.188 e. The lowest BCUT2D eigenvalue weighted by Crippen LogP contribution is -2.01. The molecule has 3 heteroatoms. The molecule has 3 nitrogen and oxygen atoms in total. The quantitative estimate of drug-likeness (QED) is 0.452. The number of hydrogen-bond acceptors (Lipinski definition) is 3. The number of aldehydes is 1. The van der Waals surface area contributed by atoms with E-state index in [1.807, 2.05) is 0 Å². The second kappa shape index (κ2) is 5.51. The van der Waals surface area contributed by atoms with Crippen LogP contribution in [0.15, 0.2) is 18.2 Å². The Morgan fingerprint density at radius 1 is 1.47 bits per heavy atom. The molecule has 0 N–H and O–H groups in total. The highest BCUT2D eigenvalue weighted by Gasteiger charge is 2.18. The molecule has 1 aliphatic carbocycles. The van der Waals surface area contributed by atoms with Crippen LogP contribution in [0.4, 0.5) is 0 Å². The van der Waals surface area contributed by atoms with Gasteiger partial charge in [0.15, 0.2) is 6.79 Å². The van der Waals surface area contributed by atoms with E-state index in [9.17, 15) is 4.79 Å². The molecule has 0 unspecified atom stereocenters. The Morgan fingerprint density at radius 3 is 2.94 bits per heavy atom. The lowest BCUT2D eigenvalue weighted by Gasteiger charge is -2.07. The third-order valence-electron chi connectivity index (χ3n) is 2.46. The number of carbonyl (C=O) groups is 1. The summed E-state index contributed by atoms with van der Waals surface area (Å²) in [7, 11) is 1.56. The third-order valence-corrected chi connectivity index (χ3v) is 2.46. The molecule has 1 aromatic rings. The fraction of sp³-hybridized carbons (Fsp3) is 0.357. The van der Waals surface area contributed by atoms with Crippen LogP contribution >= 0.6 is 0 Å². The van der Waals surface area contributed by atoms with Crippen molar-refractivity contribution < 1.29 is 14.3 Å². The number of benzene rings is 1. The highest BCUT2D eigenvalue weighted by atomic mass is 16.7. The largest absolute Gasteiger partial charge is 0.466 e. The van der Waals surface area contributed by atoms with E-state index in [0.29, 0.717) is 17.2 Å². The molecular formula is C14H14O3. The fourth-order valence-electron chi connectivity index (χ4n) is 1.37. The van der Waals surface area contributed by atoms with Crippen molar-refractivity contribution in [3.05, 3.63) is 29.3 Å². The average molecular weight is 230 g/mol. The minimum Gasteiger partial charge on any atom is -0.466 e. The Hall–Kier alpha value is -1.79. The predicted octanol–water partition coefficient (Wildman–Crippen LogP) is 2.24. The maximum absolute atomic E-state index is 10.7. The van der Waals surface area contributed by atoms with Gasteiger partial charge in [-0.15, -0.1) is 0 Å². The van der Waals surface area contributed by atoms with Gasteiger partial charge in [-0.2, -0.15) is 0 Å². The minimum atomic E-state index is 0.179. The maximum atomic E-state index is 10.7. The summed E-state index contributed by atoms with van der Waals surface area (Å²) < 4.78 is 10.3. The molecule has 0 saturated heterocycles. The van der Waals surface area contributed by atoms with Crippen LogP contribution in [0.25, 0.3) is 0 Å². The Morgan fingerprint density at radius 2 is 2.29 bits per heavy atom. The molecule has 0 radical (unpaired) electrons. The van der Waals surface area contributed by atoms with Gasteiger partial charge in [0.1, 0.15) is 12.0 Å². The van der Waals surface area contributed by atoms with E-state index in [1.165, 1.54) is 12.8 Å². The van der Waals surface area contributed by atoms with E-state index in [0.717, 1.165) is 11.8 Å². The van der Waals surface area contributed by atoms with Crippen molar-refractivity contribution in [1.29, 1.82) is 0 Å². The van der Waals surface area contributed by atoms with Crippen molar-refractivity contribution in [2.45, 2.75) is 12.8 Å². The van der Waals surface area contributed by atoms with Crippen molar-refractivity contribution in [2.75, 3.05) is 13.9 Å². The number of carbonyl (C=O) groups excluding carboxylic acids is 1. The Balaban J connectivity index is 2.23. The summed E-state index contributed by atoms with van der Waals surface area (Å²) in [5, 5.41) is 0. The van der Waals surface area contributed by atoms with Crippen LogP contribution in [0.1, 0.15) is 28.8 Å². The summed E-state index contributed by atoms with van der Waals surface area (Å²) in [6.07, 6.45) is 3.16. The van der Waals surface area contributed by atoms with Crippen LogP contribution in [0.2, 0.25) is 0 Å². The zero-order valence-electron chi connectivity index (χ0n) is 9.73. The number of ether oxygens (including phenoxy) is 2. The first-order valence-corrected chi connectivity index (χ1v) is 5.56. The van der Waals surface area contributed by atoms with Crippen molar-refractivity contribution in [1.82, 2.24) is 0 Å². The highest BCUT2D eigenvalue weighted by molar-refractivity contribution is 5.76. The van der Waals surface area contributed by atoms with Gasteiger partial charge in [0.05, 0.1) is 5.56 Å². The first kappa shape index (κ1) is 11.7. The van der Waals surface area contributed by atoms with E-state index in [2.05, 4.69) is 11.8 Å². The first-order chi connectivity index (χ1) is 8.33. The summed E-state index contributed by atoms with van der Waals surface area (Å²) in [4.78, 5) is 10.7. The molecule has 0 heterocycles. The zero-order chi connectivity index (χ0) is 12.1. The van der Waals surface area contributed by atoms with Crippen LogP contribution in [0, 0.1) is 17.8 Å². The minimum absolute atomic E-state index is 0.179. The molecule has 17 heavy (non-hydrogen) atoms. The molecule has 0 bridgehead atoms. The normalized spacial score (nSPS) is 13.7. The second-order valence-electron chi connectivity index (χ2n) is 3.97. The lowest BCUT2D eigenvalue weighted by molar-refractivity contribution is 0.0509. The van der Waals surface area contributed by atoms with Crippen LogP contribution < -0.4 is 4.74 Å². The van der Waals surface area contributed by atoms with Gasteiger partial charge in [-0.1, -0.05) is 11.8 Å². The van der Waals surface area contributed by atoms with Gasteiger partial charge in [0.2, 0.25) is 0 Å². The van der Waals surface area contributed by atoms with Crippen LogP contribution in [-0.2, 0) is 4.74 Å². The van der Waals surface area contributed by atoms with Gasteiger partial charge in [-0.3, -0.25) is 4.79 Å². The fourth-order valence-corrected chi connectivity index (χ4v) is 1.37. The molecule has 0 spiro atoms. The van der Waals surface area contributed by atoms with E-state index < -0.39 is 0 Å². The molecule has 88 valence electrons. The Labute approximate surface area is 101 Å². The summed E-state index contributed by atoms with van der Waals surface area (Å²) >= 11 is 0. The van der Waals surface area contributed by atoms with Gasteiger partial charge >= 0.3 is 0 Å². The third kappa shape index (κ3) is 3.33. The molecule has 0 aliphatic heterocycles. The molecule has 1 fully saturated rings. The van der Waals surface area contributed by atoms with E-state index in [4.69, 9.17) is 9.47 Å². The van der Waals surface area contributed by atoms with Gasteiger partial charge in [0, 0.05) is 18.6 Å². The van der Waals surface area contributed by atoms with E-state index in [1.54, 1.807) is 25.3 Å². The maximum Gasteiger partial charge on any atom is 0.188 e. The molecule has 2 rings (SSSR count). The summed E-state index contributed by atoms with van der Waals surface area (Å²) in [5.74, 6) is 7.40. The summed E-state index contributed by atoms with van der Waals surface area (Å²) in [6, 6.07) is 5.20. The second-order valence-corrected chi connectivity index (χ2v) is 3.97. The average Bonchev–Trinajstić information content (AvgIpc) is 3.18. The molecule has 1 saturated carbocycles. The molecular weight excluding hydrogens is 216 g/mol. The van der Waals surface area contributed by atoms with Crippen molar-refractivity contribution in [3.63, 3.8) is 0 Å². The highest BCUT2D eigenvalue weighted by Crippen LogP contribution is 2.28. The topological polar surface area (TPSA) is 35.5 Å². The van der Waals surface area contributed by atoms with Gasteiger partial charge in [-0.25, -0.2) is 0 Å². The summed E-state index contributed by atoms with van der Waals surface area (Å²) in [5.41, 5.74) is 1.36. The van der Waals surface area contributed by atoms with E-state index in [-0.39, 0.29) is 6.79 Å². The first-order valence-electron chi connectivity index (χ1n) is 5.56. The van der Waals surface area contributed by atoms with E-state index >= 15 is 0 Å². The van der Waals surface area contributed by atoms with Gasteiger partial charge in [0.25, 0.3) is 0 Å². The predicted molar refractivity (Wildman–Crippen MR) is 63.9 cm³/mol. The standard InChI is InChI=1S/C14H14O3/c1-16-10-17-14-7-5-12(9-15)8-13(14)6-4-11-2-3-11/h5,7-9,11H,2-3,10H2,1H3. The lowest BCUT2D eigenvalue weighted by atomic mass is 10.1. The molecule has 1 aliphatic rings. The Bertz CT molecular complexity index is 464. The zero-order valence-corrected chi connectivity index (χ0v) is 9.73. The molecule has 0 aromatic heterocycles.